The Kier molecular flexibility index (Phi) is 3.06. The van der Waals surface area contributed by atoms with Gasteiger partial charge in [-0.25, -0.2) is 19.9 Å². The molecule has 0 saturated carbocycles. The van der Waals surface area contributed by atoms with Crippen molar-refractivity contribution < 1.29 is 0 Å². The quantitative estimate of drug-likeness (QED) is 0.777. The van der Waals surface area contributed by atoms with E-state index in [0.717, 1.165) is 17.9 Å². The minimum atomic E-state index is -1.42. The molecule has 2 heterocycles. The molecular weight excluding hydrogens is 230 g/mol. The molecule has 0 saturated heterocycles. The van der Waals surface area contributed by atoms with E-state index in [1.165, 1.54) is 6.33 Å². The number of rotatable bonds is 3. The normalized spacial score (nSPS) is 11.8. The first-order chi connectivity index (χ1) is 8.02. The van der Waals surface area contributed by atoms with E-state index in [9.17, 15) is 0 Å². The number of anilines is 1. The Bertz CT molecular complexity index is 522. The van der Waals surface area contributed by atoms with Gasteiger partial charge in [-0.2, -0.15) is 0 Å². The van der Waals surface area contributed by atoms with E-state index in [2.05, 4.69) is 51.1 Å². The highest BCUT2D eigenvalue weighted by molar-refractivity contribution is 6.79. The number of hydrogen-bond acceptors (Lipinski definition) is 5. The summed E-state index contributed by atoms with van der Waals surface area (Å²) in [5.41, 5.74) is 1.40. The molecule has 2 aromatic heterocycles. The molecule has 0 amide bonds. The van der Waals surface area contributed by atoms with E-state index in [1.54, 1.807) is 12.4 Å². The molecular formula is C11H17N5Si. The average molecular weight is 247 g/mol. The molecule has 17 heavy (non-hydrogen) atoms. The Morgan fingerprint density at radius 2 is 1.94 bits per heavy atom. The van der Waals surface area contributed by atoms with Gasteiger partial charge in [0.25, 0.3) is 0 Å². The van der Waals surface area contributed by atoms with Crippen molar-refractivity contribution in [1.29, 1.82) is 0 Å². The lowest BCUT2D eigenvalue weighted by atomic mass is 10.5. The molecule has 0 atom stereocenters. The zero-order valence-electron chi connectivity index (χ0n) is 10.7. The van der Waals surface area contributed by atoms with Crippen LogP contribution in [0.4, 0.5) is 5.82 Å². The van der Waals surface area contributed by atoms with E-state index in [4.69, 9.17) is 0 Å². The van der Waals surface area contributed by atoms with Crippen molar-refractivity contribution in [3.05, 3.63) is 18.7 Å². The largest absolute Gasteiger partial charge is 0.382 e. The second-order valence-electron chi connectivity index (χ2n) is 4.87. The second-order valence-corrected chi connectivity index (χ2v) is 9.76. The monoisotopic (exact) mass is 247 g/mol. The van der Waals surface area contributed by atoms with E-state index in [1.807, 2.05) is 0 Å². The molecule has 0 aliphatic rings. The van der Waals surface area contributed by atoms with E-state index in [-0.39, 0.29) is 0 Å². The molecule has 0 aliphatic carbocycles. The minimum absolute atomic E-state index is 0.648. The summed E-state index contributed by atoms with van der Waals surface area (Å²) in [5, 5.41) is 0. The molecule has 0 aromatic carbocycles. The highest BCUT2D eigenvalue weighted by atomic mass is 28.3. The van der Waals surface area contributed by atoms with Gasteiger partial charge in [-0.1, -0.05) is 19.6 Å². The van der Waals surface area contributed by atoms with Gasteiger partial charge in [0.15, 0.2) is 5.65 Å². The zero-order valence-corrected chi connectivity index (χ0v) is 11.7. The number of nitrogens with zero attached hydrogens (tertiary/aromatic N) is 5. The van der Waals surface area contributed by atoms with E-state index in [0.29, 0.717) is 5.65 Å². The van der Waals surface area contributed by atoms with Crippen molar-refractivity contribution in [2.45, 2.75) is 26.6 Å². The smallest absolute Gasteiger partial charge is 0.181 e. The molecule has 0 fully saturated rings. The lowest BCUT2D eigenvalue weighted by Gasteiger charge is -2.33. The van der Waals surface area contributed by atoms with Gasteiger partial charge in [0.2, 0.25) is 0 Å². The average Bonchev–Trinajstić information content (AvgIpc) is 2.28. The van der Waals surface area contributed by atoms with Gasteiger partial charge < -0.3 is 4.57 Å². The maximum atomic E-state index is 4.59. The van der Waals surface area contributed by atoms with Crippen LogP contribution in [-0.4, -0.2) is 34.7 Å². The first kappa shape index (κ1) is 11.9. The maximum absolute atomic E-state index is 4.59. The van der Waals surface area contributed by atoms with Crippen molar-refractivity contribution in [3.8, 4) is 0 Å². The fraction of sp³-hybridized carbons (Fsp3) is 0.455. The predicted molar refractivity (Wildman–Crippen MR) is 71.5 cm³/mol. The zero-order chi connectivity index (χ0) is 12.5. The van der Waals surface area contributed by atoms with Crippen LogP contribution in [0.1, 0.15) is 6.92 Å². The van der Waals surface area contributed by atoms with Gasteiger partial charge in [-0.3, -0.25) is 0 Å². The van der Waals surface area contributed by atoms with Gasteiger partial charge in [0, 0.05) is 6.54 Å². The van der Waals surface area contributed by atoms with Gasteiger partial charge in [0.1, 0.15) is 25.9 Å². The van der Waals surface area contributed by atoms with Crippen LogP contribution < -0.4 is 4.57 Å². The van der Waals surface area contributed by atoms with Crippen molar-refractivity contribution in [2.75, 3.05) is 11.1 Å². The predicted octanol–water partition coefficient (Wildman–Crippen LogP) is 2.08. The lowest BCUT2D eigenvalue weighted by Crippen LogP contribution is -2.46. The SMILES string of the molecule is CCN(c1cnc2ncncc2n1)[Si](C)(C)C. The number of fused-ring (bicyclic) bond motifs is 1. The Labute approximate surface area is 102 Å². The third-order valence-electron chi connectivity index (χ3n) is 2.61. The fourth-order valence-corrected chi connectivity index (χ4v) is 3.62. The summed E-state index contributed by atoms with van der Waals surface area (Å²) in [4.78, 5) is 17.0. The van der Waals surface area contributed by atoms with Crippen LogP contribution in [0.5, 0.6) is 0 Å². The summed E-state index contributed by atoms with van der Waals surface area (Å²) in [6, 6.07) is 0. The van der Waals surface area contributed by atoms with Crippen LogP contribution in [-0.2, 0) is 0 Å². The topological polar surface area (TPSA) is 54.8 Å². The van der Waals surface area contributed by atoms with Crippen LogP contribution in [0.25, 0.3) is 11.2 Å². The third-order valence-corrected chi connectivity index (χ3v) is 4.78. The van der Waals surface area contributed by atoms with Crippen LogP contribution in [0.3, 0.4) is 0 Å². The van der Waals surface area contributed by atoms with E-state index < -0.39 is 8.24 Å². The second kappa shape index (κ2) is 4.36. The molecule has 0 aliphatic heterocycles. The lowest BCUT2D eigenvalue weighted by molar-refractivity contribution is 1.01. The molecule has 0 unspecified atom stereocenters. The molecule has 0 bridgehead atoms. The highest BCUT2D eigenvalue weighted by Crippen LogP contribution is 2.19. The molecule has 0 spiro atoms. The van der Waals surface area contributed by atoms with Crippen molar-refractivity contribution in [2.24, 2.45) is 0 Å². The molecule has 6 heteroatoms. The maximum Gasteiger partial charge on any atom is 0.181 e. The standard InChI is InChI=1S/C11H17N5Si/c1-5-16(17(2,3)4)10-7-13-11-9(15-10)6-12-8-14-11/h6-8H,5H2,1-4H3. The fourth-order valence-electron chi connectivity index (χ4n) is 1.88. The third kappa shape index (κ3) is 2.41. The van der Waals surface area contributed by atoms with Crippen LogP contribution >= 0.6 is 0 Å². The summed E-state index contributed by atoms with van der Waals surface area (Å²) in [6.07, 6.45) is 5.00. The molecule has 0 N–H and O–H groups in total. The summed E-state index contributed by atoms with van der Waals surface area (Å²) in [5.74, 6) is 0.925. The Hall–Kier alpha value is -1.56. The Balaban J connectivity index is 2.48. The Morgan fingerprint density at radius 3 is 2.59 bits per heavy atom. The number of hydrogen-bond donors (Lipinski definition) is 0. The molecule has 2 aromatic rings. The molecule has 5 nitrogen and oxygen atoms in total. The minimum Gasteiger partial charge on any atom is -0.382 e. The first-order valence-electron chi connectivity index (χ1n) is 5.73. The van der Waals surface area contributed by atoms with Crippen molar-refractivity contribution in [3.63, 3.8) is 0 Å². The van der Waals surface area contributed by atoms with Gasteiger partial charge >= 0.3 is 0 Å². The summed E-state index contributed by atoms with van der Waals surface area (Å²) in [6.45, 7) is 9.98. The van der Waals surface area contributed by atoms with Crippen LogP contribution in [0.15, 0.2) is 18.7 Å². The summed E-state index contributed by atoms with van der Waals surface area (Å²) in [7, 11) is -1.42. The summed E-state index contributed by atoms with van der Waals surface area (Å²) >= 11 is 0. The van der Waals surface area contributed by atoms with Gasteiger partial charge in [-0.15, -0.1) is 0 Å². The van der Waals surface area contributed by atoms with Crippen molar-refractivity contribution in [1.82, 2.24) is 19.9 Å². The molecule has 90 valence electrons. The Morgan fingerprint density at radius 1 is 1.18 bits per heavy atom. The van der Waals surface area contributed by atoms with Crippen molar-refractivity contribution >= 4 is 25.2 Å². The molecule has 2 rings (SSSR count). The van der Waals surface area contributed by atoms with Crippen LogP contribution in [0, 0.1) is 0 Å². The highest BCUT2D eigenvalue weighted by Gasteiger charge is 2.24. The number of aromatic nitrogens is 4. The first-order valence-corrected chi connectivity index (χ1v) is 9.17. The molecule has 0 radical (unpaired) electrons. The summed E-state index contributed by atoms with van der Waals surface area (Å²) < 4.78 is 2.34. The van der Waals surface area contributed by atoms with Gasteiger partial charge in [0.05, 0.1) is 12.4 Å². The van der Waals surface area contributed by atoms with E-state index >= 15 is 0 Å². The van der Waals surface area contributed by atoms with Gasteiger partial charge in [-0.05, 0) is 6.92 Å². The van der Waals surface area contributed by atoms with Crippen LogP contribution in [0.2, 0.25) is 19.6 Å².